The van der Waals surface area contributed by atoms with Crippen molar-refractivity contribution >= 4 is 29.5 Å². The molecular weight excluding hydrogens is 218 g/mol. The maximum atomic E-state index is 11.8. The SMILES string of the molecule is NC(=O)CN1CC(=O)N2CSC[C@H]2C1=O. The predicted octanol–water partition coefficient (Wildman–Crippen LogP) is -1.78. The summed E-state index contributed by atoms with van der Waals surface area (Å²) in [4.78, 5) is 36.9. The van der Waals surface area contributed by atoms with Gasteiger partial charge in [-0.1, -0.05) is 0 Å². The molecule has 2 heterocycles. The maximum absolute atomic E-state index is 11.8. The summed E-state index contributed by atoms with van der Waals surface area (Å²) in [7, 11) is 0. The number of fused-ring (bicyclic) bond motifs is 1. The Balaban J connectivity index is 2.13. The fraction of sp³-hybridized carbons (Fsp3) is 0.625. The summed E-state index contributed by atoms with van der Waals surface area (Å²) in [6.07, 6.45) is 0. The van der Waals surface area contributed by atoms with E-state index in [1.807, 2.05) is 0 Å². The number of hydrogen-bond donors (Lipinski definition) is 1. The maximum Gasteiger partial charge on any atom is 0.247 e. The lowest BCUT2D eigenvalue weighted by Crippen LogP contribution is -2.59. The van der Waals surface area contributed by atoms with Gasteiger partial charge in [0.15, 0.2) is 0 Å². The molecule has 2 aliphatic rings. The van der Waals surface area contributed by atoms with E-state index in [1.165, 1.54) is 4.90 Å². The van der Waals surface area contributed by atoms with Gasteiger partial charge in [-0.2, -0.15) is 0 Å². The zero-order chi connectivity index (χ0) is 11.0. The number of hydrogen-bond acceptors (Lipinski definition) is 4. The molecule has 0 unspecified atom stereocenters. The molecule has 2 rings (SSSR count). The third-order valence-corrected chi connectivity index (χ3v) is 3.48. The van der Waals surface area contributed by atoms with Crippen molar-refractivity contribution in [2.24, 2.45) is 5.73 Å². The van der Waals surface area contributed by atoms with Crippen LogP contribution in [-0.2, 0) is 14.4 Å². The minimum absolute atomic E-state index is 0.0289. The Labute approximate surface area is 90.7 Å². The van der Waals surface area contributed by atoms with Crippen LogP contribution >= 0.6 is 11.8 Å². The number of piperazine rings is 1. The molecule has 82 valence electrons. The second-order valence-corrected chi connectivity index (χ2v) is 4.54. The Morgan fingerprint density at radius 1 is 1.53 bits per heavy atom. The van der Waals surface area contributed by atoms with Crippen molar-refractivity contribution in [2.75, 3.05) is 24.7 Å². The molecule has 0 aromatic carbocycles. The van der Waals surface area contributed by atoms with Crippen molar-refractivity contribution in [3.8, 4) is 0 Å². The second kappa shape index (κ2) is 3.73. The molecule has 0 radical (unpaired) electrons. The van der Waals surface area contributed by atoms with E-state index in [4.69, 9.17) is 5.73 Å². The summed E-state index contributed by atoms with van der Waals surface area (Å²) in [6, 6.07) is -0.393. The van der Waals surface area contributed by atoms with Crippen LogP contribution in [0.4, 0.5) is 0 Å². The van der Waals surface area contributed by atoms with Gasteiger partial charge >= 0.3 is 0 Å². The number of primary amides is 1. The Kier molecular flexibility index (Phi) is 2.56. The molecule has 0 saturated carbocycles. The number of thioether (sulfide) groups is 1. The number of nitrogens with zero attached hydrogens (tertiary/aromatic N) is 2. The van der Waals surface area contributed by atoms with Crippen LogP contribution in [0.5, 0.6) is 0 Å². The van der Waals surface area contributed by atoms with E-state index in [0.717, 1.165) is 0 Å². The van der Waals surface area contributed by atoms with Crippen LogP contribution in [0.15, 0.2) is 0 Å². The molecule has 6 nitrogen and oxygen atoms in total. The van der Waals surface area contributed by atoms with Gasteiger partial charge in [0.25, 0.3) is 0 Å². The largest absolute Gasteiger partial charge is 0.368 e. The summed E-state index contributed by atoms with van der Waals surface area (Å²) in [5, 5.41) is 0. The molecular formula is C8H11N3O3S. The van der Waals surface area contributed by atoms with Crippen LogP contribution in [-0.4, -0.2) is 58.3 Å². The first-order valence-corrected chi connectivity index (χ1v) is 5.69. The zero-order valence-electron chi connectivity index (χ0n) is 8.01. The quantitative estimate of drug-likeness (QED) is 0.606. The van der Waals surface area contributed by atoms with E-state index in [9.17, 15) is 14.4 Å². The van der Waals surface area contributed by atoms with E-state index in [0.29, 0.717) is 11.6 Å². The first-order chi connectivity index (χ1) is 7.09. The molecule has 2 aliphatic heterocycles. The van der Waals surface area contributed by atoms with E-state index >= 15 is 0 Å². The van der Waals surface area contributed by atoms with Crippen molar-refractivity contribution < 1.29 is 14.4 Å². The molecule has 7 heteroatoms. The average Bonchev–Trinajstić information content (AvgIpc) is 2.61. The first-order valence-electron chi connectivity index (χ1n) is 4.54. The van der Waals surface area contributed by atoms with Gasteiger partial charge in [-0.15, -0.1) is 11.8 Å². The summed E-state index contributed by atoms with van der Waals surface area (Å²) in [6.45, 7) is -0.196. The lowest BCUT2D eigenvalue weighted by atomic mass is 10.2. The molecule has 0 aromatic rings. The lowest BCUT2D eigenvalue weighted by Gasteiger charge is -2.35. The smallest absolute Gasteiger partial charge is 0.247 e. The van der Waals surface area contributed by atoms with Crippen LogP contribution in [0, 0.1) is 0 Å². The number of amides is 3. The van der Waals surface area contributed by atoms with Crippen molar-refractivity contribution in [3.63, 3.8) is 0 Å². The van der Waals surface area contributed by atoms with Gasteiger partial charge in [0.1, 0.15) is 12.6 Å². The molecule has 3 amide bonds. The molecule has 15 heavy (non-hydrogen) atoms. The fourth-order valence-electron chi connectivity index (χ4n) is 1.76. The summed E-state index contributed by atoms with van der Waals surface area (Å²) >= 11 is 1.55. The third-order valence-electron chi connectivity index (χ3n) is 2.47. The number of carbonyl (C=O) groups is 3. The minimum atomic E-state index is -0.588. The molecule has 2 fully saturated rings. The van der Waals surface area contributed by atoms with Crippen LogP contribution in [0.1, 0.15) is 0 Å². The summed E-state index contributed by atoms with van der Waals surface area (Å²) in [5.41, 5.74) is 5.01. The number of rotatable bonds is 2. The molecule has 0 aromatic heterocycles. The van der Waals surface area contributed by atoms with Gasteiger partial charge < -0.3 is 15.5 Å². The molecule has 0 bridgehead atoms. The molecule has 1 atom stereocenters. The zero-order valence-corrected chi connectivity index (χ0v) is 8.83. The average molecular weight is 229 g/mol. The third kappa shape index (κ3) is 1.79. The Hall–Kier alpha value is -1.24. The van der Waals surface area contributed by atoms with Crippen molar-refractivity contribution in [1.29, 1.82) is 0 Å². The lowest BCUT2D eigenvalue weighted by molar-refractivity contribution is -0.154. The summed E-state index contributed by atoms with van der Waals surface area (Å²) in [5.74, 6) is 0.318. The van der Waals surface area contributed by atoms with Crippen molar-refractivity contribution in [1.82, 2.24) is 9.80 Å². The number of nitrogens with two attached hydrogens (primary N) is 1. The highest BCUT2D eigenvalue weighted by atomic mass is 32.2. The van der Waals surface area contributed by atoms with Gasteiger partial charge in [0, 0.05) is 5.75 Å². The highest BCUT2D eigenvalue weighted by Crippen LogP contribution is 2.25. The highest BCUT2D eigenvalue weighted by Gasteiger charge is 2.42. The summed E-state index contributed by atoms with van der Waals surface area (Å²) < 4.78 is 0. The highest BCUT2D eigenvalue weighted by molar-refractivity contribution is 7.99. The van der Waals surface area contributed by atoms with Gasteiger partial charge in [-0.25, -0.2) is 0 Å². The molecule has 0 aliphatic carbocycles. The number of carbonyl (C=O) groups excluding carboxylic acids is 3. The van der Waals surface area contributed by atoms with Gasteiger partial charge in [0.05, 0.1) is 12.4 Å². The normalized spacial score (nSPS) is 25.7. The van der Waals surface area contributed by atoms with Crippen LogP contribution in [0.3, 0.4) is 0 Å². The minimum Gasteiger partial charge on any atom is -0.368 e. The van der Waals surface area contributed by atoms with Crippen LogP contribution in [0.25, 0.3) is 0 Å². The van der Waals surface area contributed by atoms with Crippen LogP contribution < -0.4 is 5.73 Å². The van der Waals surface area contributed by atoms with Gasteiger partial charge in [-0.3, -0.25) is 14.4 Å². The molecule has 2 N–H and O–H groups in total. The monoisotopic (exact) mass is 229 g/mol. The Bertz CT molecular complexity index is 333. The van der Waals surface area contributed by atoms with E-state index < -0.39 is 11.9 Å². The van der Waals surface area contributed by atoms with E-state index in [-0.39, 0.29) is 24.9 Å². The Morgan fingerprint density at radius 3 is 2.93 bits per heavy atom. The van der Waals surface area contributed by atoms with Crippen molar-refractivity contribution in [2.45, 2.75) is 6.04 Å². The second-order valence-electron chi connectivity index (χ2n) is 3.54. The Morgan fingerprint density at radius 2 is 2.27 bits per heavy atom. The van der Waals surface area contributed by atoms with Gasteiger partial charge in [-0.05, 0) is 0 Å². The first kappa shape index (κ1) is 10.3. The van der Waals surface area contributed by atoms with Crippen molar-refractivity contribution in [3.05, 3.63) is 0 Å². The standard InChI is InChI=1S/C8H11N3O3S/c9-6(12)1-10-2-7(13)11-4-15-3-5(11)8(10)14/h5H,1-4H2,(H2,9,12)/t5-/m0/s1. The van der Waals surface area contributed by atoms with E-state index in [2.05, 4.69) is 0 Å². The van der Waals surface area contributed by atoms with Crippen LogP contribution in [0.2, 0.25) is 0 Å². The van der Waals surface area contributed by atoms with E-state index in [1.54, 1.807) is 16.7 Å². The fourth-order valence-corrected chi connectivity index (χ4v) is 2.93. The topological polar surface area (TPSA) is 83.7 Å². The van der Waals surface area contributed by atoms with Gasteiger partial charge in [0.2, 0.25) is 17.7 Å². The molecule has 2 saturated heterocycles. The molecule has 0 spiro atoms. The predicted molar refractivity (Wildman–Crippen MR) is 53.7 cm³/mol.